The molecule has 3 rings (SSSR count). The van der Waals surface area contributed by atoms with Gasteiger partial charge in [0.15, 0.2) is 11.5 Å². The minimum absolute atomic E-state index is 0.182. The molecule has 0 bridgehead atoms. The first-order valence-electron chi connectivity index (χ1n) is 8.42. The van der Waals surface area contributed by atoms with Crippen LogP contribution in [0.4, 0.5) is 0 Å². The Kier molecular flexibility index (Phi) is 5.30. The summed E-state index contributed by atoms with van der Waals surface area (Å²) in [4.78, 5) is 0.182. The van der Waals surface area contributed by atoms with Gasteiger partial charge in [-0.05, 0) is 30.0 Å². The predicted octanol–water partition coefficient (Wildman–Crippen LogP) is 3.52. The largest absolute Gasteiger partial charge is 0.486 e. The third-order valence-electron chi connectivity index (χ3n) is 4.03. The average Bonchev–Trinajstić information content (AvgIpc) is 2.61. The van der Waals surface area contributed by atoms with Crippen molar-refractivity contribution >= 4 is 10.0 Å². The minimum atomic E-state index is -3.67. The lowest BCUT2D eigenvalue weighted by Crippen LogP contribution is -2.29. The summed E-state index contributed by atoms with van der Waals surface area (Å²) in [6.45, 7) is 5.05. The van der Waals surface area contributed by atoms with Crippen LogP contribution in [0, 0.1) is 5.92 Å². The number of sulfonamides is 1. The van der Waals surface area contributed by atoms with Gasteiger partial charge in [-0.15, -0.1) is 0 Å². The van der Waals surface area contributed by atoms with Gasteiger partial charge in [-0.2, -0.15) is 0 Å². The van der Waals surface area contributed by atoms with Gasteiger partial charge in [0, 0.05) is 12.1 Å². The van der Waals surface area contributed by atoms with Crippen molar-refractivity contribution in [1.82, 2.24) is 4.72 Å². The molecule has 1 heterocycles. The third-order valence-corrected chi connectivity index (χ3v) is 5.50. The Hall–Kier alpha value is -2.05. The van der Waals surface area contributed by atoms with E-state index in [0.29, 0.717) is 37.1 Å². The van der Waals surface area contributed by atoms with Gasteiger partial charge in [0.2, 0.25) is 10.0 Å². The maximum absolute atomic E-state index is 12.9. The summed E-state index contributed by atoms with van der Waals surface area (Å²) in [5.41, 5.74) is 0.956. The molecule has 2 aromatic rings. The van der Waals surface area contributed by atoms with Crippen LogP contribution in [0.25, 0.3) is 0 Å². The topological polar surface area (TPSA) is 64.6 Å². The molecule has 1 aliphatic heterocycles. The highest BCUT2D eigenvalue weighted by molar-refractivity contribution is 7.89. The number of hydrogen-bond acceptors (Lipinski definition) is 4. The van der Waals surface area contributed by atoms with Gasteiger partial charge < -0.3 is 9.47 Å². The maximum Gasteiger partial charge on any atom is 0.241 e. The van der Waals surface area contributed by atoms with Crippen molar-refractivity contribution in [1.29, 1.82) is 0 Å². The molecule has 0 amide bonds. The molecule has 2 aromatic carbocycles. The summed E-state index contributed by atoms with van der Waals surface area (Å²) in [6.07, 6.45) is 0.716. The van der Waals surface area contributed by atoms with Crippen LogP contribution in [0.1, 0.15) is 31.9 Å². The minimum Gasteiger partial charge on any atom is -0.486 e. The van der Waals surface area contributed by atoms with Crippen LogP contribution in [0.5, 0.6) is 11.5 Å². The van der Waals surface area contributed by atoms with Gasteiger partial charge >= 0.3 is 0 Å². The molecule has 0 radical (unpaired) electrons. The molecule has 1 N–H and O–H groups in total. The van der Waals surface area contributed by atoms with E-state index in [2.05, 4.69) is 18.6 Å². The van der Waals surface area contributed by atoms with E-state index >= 15 is 0 Å². The van der Waals surface area contributed by atoms with Crippen molar-refractivity contribution in [2.45, 2.75) is 31.2 Å². The van der Waals surface area contributed by atoms with Gasteiger partial charge in [-0.25, -0.2) is 13.1 Å². The van der Waals surface area contributed by atoms with E-state index in [4.69, 9.17) is 9.47 Å². The Balaban J connectivity index is 1.87. The van der Waals surface area contributed by atoms with E-state index in [1.807, 2.05) is 30.3 Å². The Morgan fingerprint density at radius 2 is 1.68 bits per heavy atom. The summed E-state index contributed by atoms with van der Waals surface area (Å²) in [5, 5.41) is 0. The highest BCUT2D eigenvalue weighted by atomic mass is 32.2. The van der Waals surface area contributed by atoms with Crippen molar-refractivity contribution < 1.29 is 17.9 Å². The molecule has 0 spiro atoms. The molecule has 25 heavy (non-hydrogen) atoms. The van der Waals surface area contributed by atoms with Crippen molar-refractivity contribution in [3.63, 3.8) is 0 Å². The van der Waals surface area contributed by atoms with Crippen LogP contribution in [0.2, 0.25) is 0 Å². The first-order valence-corrected chi connectivity index (χ1v) is 9.91. The molecule has 6 heteroatoms. The van der Waals surface area contributed by atoms with E-state index in [9.17, 15) is 8.42 Å². The maximum atomic E-state index is 12.9. The summed E-state index contributed by atoms with van der Waals surface area (Å²) >= 11 is 0. The molecule has 0 aromatic heterocycles. The van der Waals surface area contributed by atoms with Crippen LogP contribution in [-0.4, -0.2) is 21.6 Å². The first-order chi connectivity index (χ1) is 12.0. The van der Waals surface area contributed by atoms with E-state index in [-0.39, 0.29) is 10.9 Å². The van der Waals surface area contributed by atoms with Gasteiger partial charge in [0.05, 0.1) is 4.90 Å². The van der Waals surface area contributed by atoms with E-state index < -0.39 is 10.0 Å². The summed E-state index contributed by atoms with van der Waals surface area (Å²) in [7, 11) is -3.67. The number of benzene rings is 2. The van der Waals surface area contributed by atoms with Crippen molar-refractivity contribution in [2.75, 3.05) is 13.2 Å². The first kappa shape index (κ1) is 17.8. The molecular formula is C19H23NO4S. The third kappa shape index (κ3) is 4.32. The number of rotatable bonds is 6. The number of fused-ring (bicyclic) bond motifs is 1. The fourth-order valence-electron chi connectivity index (χ4n) is 2.86. The second-order valence-electron chi connectivity index (χ2n) is 6.52. The van der Waals surface area contributed by atoms with E-state index in [0.717, 1.165) is 5.56 Å². The van der Waals surface area contributed by atoms with Gasteiger partial charge in [-0.1, -0.05) is 44.2 Å². The van der Waals surface area contributed by atoms with Crippen molar-refractivity contribution in [3.8, 4) is 11.5 Å². The zero-order valence-electron chi connectivity index (χ0n) is 14.4. The molecule has 5 nitrogen and oxygen atoms in total. The fourth-order valence-corrected chi connectivity index (χ4v) is 4.11. The smallest absolute Gasteiger partial charge is 0.241 e. The second-order valence-corrected chi connectivity index (χ2v) is 8.23. The zero-order chi connectivity index (χ0) is 17.9. The molecule has 1 aliphatic rings. The number of ether oxygens (including phenoxy) is 2. The highest BCUT2D eigenvalue weighted by Gasteiger charge is 2.24. The molecule has 0 saturated carbocycles. The average molecular weight is 361 g/mol. The fraction of sp³-hybridized carbons (Fsp3) is 0.368. The Morgan fingerprint density at radius 1 is 1.00 bits per heavy atom. The van der Waals surface area contributed by atoms with Crippen LogP contribution in [-0.2, 0) is 10.0 Å². The van der Waals surface area contributed by atoms with Gasteiger partial charge in [0.25, 0.3) is 0 Å². The van der Waals surface area contributed by atoms with Gasteiger partial charge in [-0.3, -0.25) is 0 Å². The van der Waals surface area contributed by atoms with Crippen molar-refractivity contribution in [2.24, 2.45) is 5.92 Å². The number of nitrogens with one attached hydrogen (secondary N) is 1. The Bertz CT molecular complexity index is 819. The van der Waals surface area contributed by atoms with Crippen LogP contribution >= 0.6 is 0 Å². The summed E-state index contributed by atoms with van der Waals surface area (Å²) < 4.78 is 39.5. The van der Waals surface area contributed by atoms with Crippen LogP contribution < -0.4 is 14.2 Å². The molecule has 0 aliphatic carbocycles. The second kappa shape index (κ2) is 7.45. The van der Waals surface area contributed by atoms with E-state index in [1.165, 1.54) is 6.07 Å². The lowest BCUT2D eigenvalue weighted by Gasteiger charge is -2.22. The molecule has 1 unspecified atom stereocenters. The zero-order valence-corrected chi connectivity index (χ0v) is 15.3. The lowest BCUT2D eigenvalue weighted by atomic mass is 9.98. The molecular weight excluding hydrogens is 338 g/mol. The lowest BCUT2D eigenvalue weighted by molar-refractivity contribution is 0.171. The van der Waals surface area contributed by atoms with E-state index in [1.54, 1.807) is 12.1 Å². The Labute approximate surface area is 149 Å². The Morgan fingerprint density at radius 3 is 2.36 bits per heavy atom. The molecule has 0 saturated heterocycles. The number of hydrogen-bond donors (Lipinski definition) is 1. The summed E-state index contributed by atoms with van der Waals surface area (Å²) in [6, 6.07) is 14.1. The molecule has 0 fully saturated rings. The quantitative estimate of drug-likeness (QED) is 0.855. The highest BCUT2D eigenvalue weighted by Crippen LogP contribution is 2.33. The normalized spacial score (nSPS) is 15.2. The SMILES string of the molecule is CC(C)CC(NS(=O)(=O)c1ccc2c(c1)OCCO2)c1ccccc1. The predicted molar refractivity (Wildman–Crippen MR) is 96.4 cm³/mol. The molecule has 134 valence electrons. The van der Waals surface area contributed by atoms with Crippen LogP contribution in [0.15, 0.2) is 53.4 Å². The molecule has 1 atom stereocenters. The van der Waals surface area contributed by atoms with Crippen LogP contribution in [0.3, 0.4) is 0 Å². The summed E-state index contributed by atoms with van der Waals surface area (Å²) in [5.74, 6) is 1.40. The van der Waals surface area contributed by atoms with Crippen molar-refractivity contribution in [3.05, 3.63) is 54.1 Å². The standard InChI is InChI=1S/C19H23NO4S/c1-14(2)12-17(15-6-4-3-5-7-15)20-25(21,22)16-8-9-18-19(13-16)24-11-10-23-18/h3-9,13-14,17,20H,10-12H2,1-2H3. The monoisotopic (exact) mass is 361 g/mol. The van der Waals surface area contributed by atoms with Gasteiger partial charge in [0.1, 0.15) is 13.2 Å².